The summed E-state index contributed by atoms with van der Waals surface area (Å²) in [5.41, 5.74) is 7.96. The van der Waals surface area contributed by atoms with Crippen molar-refractivity contribution in [2.24, 2.45) is 5.73 Å². The van der Waals surface area contributed by atoms with Gasteiger partial charge in [-0.25, -0.2) is 8.42 Å². The van der Waals surface area contributed by atoms with E-state index in [-0.39, 0.29) is 16.3 Å². The molecule has 4 N–H and O–H groups in total. The van der Waals surface area contributed by atoms with E-state index in [0.29, 0.717) is 17.0 Å². The van der Waals surface area contributed by atoms with E-state index in [1.54, 1.807) is 36.4 Å². The van der Waals surface area contributed by atoms with Crippen LogP contribution >= 0.6 is 22.2 Å². The summed E-state index contributed by atoms with van der Waals surface area (Å²) in [7, 11) is -7.30. The van der Waals surface area contributed by atoms with E-state index < -0.39 is 30.9 Å². The Morgan fingerprint density at radius 2 is 1.67 bits per heavy atom. The fourth-order valence-corrected chi connectivity index (χ4v) is 9.14. The van der Waals surface area contributed by atoms with E-state index >= 15 is 0 Å². The second-order valence-electron chi connectivity index (χ2n) is 7.28. The molecule has 3 aromatic carbocycles. The van der Waals surface area contributed by atoms with Crippen LogP contribution in [0.25, 0.3) is 0 Å². The molecular formula is C22H22ClNO4S2. The van der Waals surface area contributed by atoms with Gasteiger partial charge >= 0.3 is 0 Å². The van der Waals surface area contributed by atoms with Gasteiger partial charge in [0.05, 0.1) is 15.0 Å². The largest absolute Gasteiger partial charge is 0.329 e. The van der Waals surface area contributed by atoms with Gasteiger partial charge in [-0.05, 0) is 53.4 Å². The molecule has 0 amide bonds. The molecule has 1 heterocycles. The van der Waals surface area contributed by atoms with E-state index in [1.807, 2.05) is 24.3 Å². The van der Waals surface area contributed by atoms with E-state index in [1.165, 1.54) is 12.1 Å². The predicted molar refractivity (Wildman–Crippen MR) is 121 cm³/mol. The highest BCUT2D eigenvalue weighted by atomic mass is 35.5. The molecule has 0 saturated heterocycles. The second kappa shape index (κ2) is 8.00. The van der Waals surface area contributed by atoms with E-state index in [0.717, 1.165) is 11.1 Å². The number of hydrogen-bond acceptors (Lipinski definition) is 5. The lowest BCUT2D eigenvalue weighted by atomic mass is 9.96. The molecule has 1 aliphatic rings. The Morgan fingerprint density at radius 1 is 0.967 bits per heavy atom. The summed E-state index contributed by atoms with van der Waals surface area (Å²) in [5, 5.41) is -1.57. The lowest BCUT2D eigenvalue weighted by Gasteiger charge is -2.35. The van der Waals surface area contributed by atoms with E-state index in [2.05, 4.69) is 0 Å². The molecule has 5 nitrogen and oxygen atoms in total. The smallest absolute Gasteiger partial charge is 0.187 e. The molecule has 4 rings (SSSR count). The fourth-order valence-electron chi connectivity index (χ4n) is 4.09. The number of nitrogens with two attached hydrogens (primary N) is 1. The third kappa shape index (κ3) is 3.56. The molecule has 2 unspecified atom stereocenters. The van der Waals surface area contributed by atoms with Crippen LogP contribution in [0.4, 0.5) is 0 Å². The first kappa shape index (κ1) is 21.4. The van der Waals surface area contributed by atoms with Crippen LogP contribution in [-0.4, -0.2) is 29.3 Å². The Morgan fingerprint density at radius 3 is 2.33 bits per heavy atom. The number of fused-ring (bicyclic) bond motifs is 1. The zero-order valence-corrected chi connectivity index (χ0v) is 18.4. The molecule has 1 aliphatic heterocycles. The van der Waals surface area contributed by atoms with Gasteiger partial charge in [0.15, 0.2) is 9.84 Å². The molecule has 2 atom stereocenters. The first-order valence-electron chi connectivity index (χ1n) is 9.39. The van der Waals surface area contributed by atoms with Crippen LogP contribution in [0.15, 0.2) is 82.6 Å². The minimum Gasteiger partial charge on any atom is -0.329 e. The fraction of sp³-hybridized carbons (Fsp3) is 0.182. The predicted octanol–water partition coefficient (Wildman–Crippen LogP) is 4.90. The Kier molecular flexibility index (Phi) is 5.69. The highest BCUT2D eigenvalue weighted by Gasteiger charge is 2.51. The number of rotatable bonds is 5. The molecule has 0 aliphatic carbocycles. The summed E-state index contributed by atoms with van der Waals surface area (Å²) in [6.07, 6.45) is 0.414. The third-order valence-electron chi connectivity index (χ3n) is 5.45. The Labute approximate surface area is 182 Å². The van der Waals surface area contributed by atoms with Crippen molar-refractivity contribution >= 4 is 32.0 Å². The molecule has 0 aromatic heterocycles. The first-order chi connectivity index (χ1) is 14.3. The lowest BCUT2D eigenvalue weighted by molar-refractivity contribution is 0.474. The van der Waals surface area contributed by atoms with Crippen molar-refractivity contribution < 1.29 is 17.5 Å². The second-order valence-corrected chi connectivity index (χ2v) is 12.0. The van der Waals surface area contributed by atoms with Crippen molar-refractivity contribution in [1.29, 1.82) is 0 Å². The summed E-state index contributed by atoms with van der Waals surface area (Å²) >= 11 is 6.11. The minimum absolute atomic E-state index is 0.133. The maximum absolute atomic E-state index is 13.6. The standard InChI is InChI=1S/C22H22ClNO4S2/c23-17-8-4-6-15(13-17)12-16-7-5-11-19-21(16)22(20(14-24)30(19,27)28)29(25,26)18-9-2-1-3-10-18/h1-11,13,20,22,27-28H,12,14,24H2. The molecule has 30 heavy (non-hydrogen) atoms. The van der Waals surface area contributed by atoms with Crippen LogP contribution in [0.5, 0.6) is 0 Å². The molecule has 158 valence electrons. The van der Waals surface area contributed by atoms with Gasteiger partial charge in [-0.3, -0.25) is 9.11 Å². The van der Waals surface area contributed by atoms with Crippen molar-refractivity contribution in [3.63, 3.8) is 0 Å². The number of benzene rings is 3. The number of halogens is 1. The van der Waals surface area contributed by atoms with Crippen LogP contribution in [-0.2, 0) is 16.3 Å². The van der Waals surface area contributed by atoms with Crippen molar-refractivity contribution in [3.8, 4) is 0 Å². The monoisotopic (exact) mass is 463 g/mol. The van der Waals surface area contributed by atoms with Gasteiger partial charge in [0.2, 0.25) is 0 Å². The van der Waals surface area contributed by atoms with Gasteiger partial charge in [0.25, 0.3) is 0 Å². The topological polar surface area (TPSA) is 101 Å². The molecule has 0 saturated carbocycles. The molecule has 0 radical (unpaired) electrons. The van der Waals surface area contributed by atoms with Crippen LogP contribution in [0.2, 0.25) is 5.02 Å². The van der Waals surface area contributed by atoms with Gasteiger partial charge in [-0.2, -0.15) is 10.6 Å². The number of sulfone groups is 1. The van der Waals surface area contributed by atoms with Gasteiger partial charge in [0, 0.05) is 11.6 Å². The van der Waals surface area contributed by atoms with Crippen LogP contribution in [0, 0.1) is 0 Å². The number of hydrogen-bond donors (Lipinski definition) is 3. The maximum Gasteiger partial charge on any atom is 0.187 e. The van der Waals surface area contributed by atoms with Crippen LogP contribution in [0.3, 0.4) is 0 Å². The summed E-state index contributed by atoms with van der Waals surface area (Å²) in [6.45, 7) is -0.162. The highest BCUT2D eigenvalue weighted by Crippen LogP contribution is 2.66. The van der Waals surface area contributed by atoms with Gasteiger partial charge in [-0.15, -0.1) is 0 Å². The van der Waals surface area contributed by atoms with Gasteiger partial charge in [-0.1, -0.05) is 54.1 Å². The quantitative estimate of drug-likeness (QED) is 0.499. The summed E-state index contributed by atoms with van der Waals surface area (Å²) in [6, 6.07) is 20.5. The van der Waals surface area contributed by atoms with Crippen molar-refractivity contribution in [2.45, 2.75) is 26.7 Å². The highest BCUT2D eigenvalue weighted by molar-refractivity contribution is 8.25. The van der Waals surface area contributed by atoms with Gasteiger partial charge < -0.3 is 5.73 Å². The zero-order valence-electron chi connectivity index (χ0n) is 16.0. The summed E-state index contributed by atoms with van der Waals surface area (Å²) in [4.78, 5) is 0.399. The van der Waals surface area contributed by atoms with Crippen LogP contribution < -0.4 is 5.73 Å². The summed E-state index contributed by atoms with van der Waals surface area (Å²) in [5.74, 6) is 0. The van der Waals surface area contributed by atoms with E-state index in [4.69, 9.17) is 17.3 Å². The van der Waals surface area contributed by atoms with Crippen molar-refractivity contribution in [1.82, 2.24) is 0 Å². The first-order valence-corrected chi connectivity index (χ1v) is 12.9. The molecule has 0 spiro atoms. The van der Waals surface area contributed by atoms with Crippen LogP contribution in [0.1, 0.15) is 21.9 Å². The molecule has 0 fully saturated rings. The van der Waals surface area contributed by atoms with Crippen molar-refractivity contribution in [3.05, 3.63) is 94.5 Å². The normalized spacial score (nSPS) is 21.2. The average Bonchev–Trinajstić information content (AvgIpc) is 2.97. The zero-order chi connectivity index (χ0) is 21.5. The average molecular weight is 464 g/mol. The van der Waals surface area contributed by atoms with E-state index in [9.17, 15) is 17.5 Å². The van der Waals surface area contributed by atoms with Crippen molar-refractivity contribution in [2.75, 3.05) is 6.54 Å². The SMILES string of the molecule is NCC1C(S(=O)(=O)c2ccccc2)c2c(Cc3cccc(Cl)c3)cccc2S1(O)O. The molecule has 8 heteroatoms. The Balaban J connectivity index is 1.91. The van der Waals surface area contributed by atoms with Gasteiger partial charge in [0.1, 0.15) is 5.25 Å². The third-order valence-corrected chi connectivity index (χ3v) is 10.3. The lowest BCUT2D eigenvalue weighted by Crippen LogP contribution is -2.32. The Bertz CT molecular complexity index is 1180. The Hall–Kier alpha value is -1.87. The summed E-state index contributed by atoms with van der Waals surface area (Å²) < 4.78 is 49.2. The minimum atomic E-state index is -3.91. The molecule has 3 aromatic rings. The maximum atomic E-state index is 13.6. The molecular weight excluding hydrogens is 442 g/mol. The molecule has 0 bridgehead atoms.